The Kier molecular flexibility index (Phi) is 5.32. The standard InChI is InChI=1S/C17H22N2O2S2/c1-23(20,21)16-8-4-13(5-9-16)17-12-18-11-14(19-17)6-7-15-3-2-10-22-15/h4-5,8-9,14-15,17-19H,2-3,10-12H2,1H3. The molecule has 1 aromatic rings. The lowest BCUT2D eigenvalue weighted by molar-refractivity contribution is 0.388. The van der Waals surface area contributed by atoms with Crippen molar-refractivity contribution in [3.05, 3.63) is 29.8 Å². The molecule has 4 nitrogen and oxygen atoms in total. The second-order valence-electron chi connectivity index (χ2n) is 6.06. The van der Waals surface area contributed by atoms with E-state index < -0.39 is 9.84 Å². The van der Waals surface area contributed by atoms with Crippen LogP contribution in [0, 0.1) is 11.8 Å². The second-order valence-corrected chi connectivity index (χ2v) is 9.39. The van der Waals surface area contributed by atoms with E-state index in [2.05, 4.69) is 22.5 Å². The Bertz CT molecular complexity index is 698. The maximum absolute atomic E-state index is 11.5. The third kappa shape index (κ3) is 4.51. The smallest absolute Gasteiger partial charge is 0.175 e. The minimum atomic E-state index is -3.14. The summed E-state index contributed by atoms with van der Waals surface area (Å²) >= 11 is 1.95. The Morgan fingerprint density at radius 3 is 2.61 bits per heavy atom. The predicted molar refractivity (Wildman–Crippen MR) is 95.3 cm³/mol. The summed E-state index contributed by atoms with van der Waals surface area (Å²) in [6.45, 7) is 1.68. The van der Waals surface area contributed by atoms with Gasteiger partial charge in [-0.2, -0.15) is 0 Å². The monoisotopic (exact) mass is 350 g/mol. The second kappa shape index (κ2) is 7.27. The van der Waals surface area contributed by atoms with E-state index >= 15 is 0 Å². The molecule has 3 unspecified atom stereocenters. The maximum atomic E-state index is 11.5. The molecule has 0 radical (unpaired) electrons. The fourth-order valence-electron chi connectivity index (χ4n) is 2.87. The summed E-state index contributed by atoms with van der Waals surface area (Å²) in [6, 6.07) is 7.43. The van der Waals surface area contributed by atoms with E-state index in [1.165, 1.54) is 24.9 Å². The molecule has 0 aromatic heterocycles. The SMILES string of the molecule is CS(=O)(=O)c1ccc(C2CNCC(C#CC3CCCS3)N2)cc1. The van der Waals surface area contributed by atoms with Crippen LogP contribution in [0.5, 0.6) is 0 Å². The Morgan fingerprint density at radius 1 is 1.17 bits per heavy atom. The van der Waals surface area contributed by atoms with E-state index in [4.69, 9.17) is 0 Å². The van der Waals surface area contributed by atoms with Crippen LogP contribution in [-0.4, -0.2) is 44.8 Å². The van der Waals surface area contributed by atoms with Crippen LogP contribution < -0.4 is 10.6 Å². The average Bonchev–Trinajstić information content (AvgIpc) is 3.06. The average molecular weight is 351 g/mol. The quantitative estimate of drug-likeness (QED) is 0.794. The molecule has 124 valence electrons. The van der Waals surface area contributed by atoms with Crippen LogP contribution in [0.4, 0.5) is 0 Å². The van der Waals surface area contributed by atoms with Crippen molar-refractivity contribution >= 4 is 21.6 Å². The normalized spacial score (nSPS) is 28.1. The summed E-state index contributed by atoms with van der Waals surface area (Å²) in [6.07, 6.45) is 3.71. The van der Waals surface area contributed by atoms with Gasteiger partial charge < -0.3 is 5.32 Å². The highest BCUT2D eigenvalue weighted by Gasteiger charge is 2.21. The molecular weight excluding hydrogens is 328 g/mol. The Hall–Kier alpha value is -1.00. The summed E-state index contributed by atoms with van der Waals surface area (Å²) in [7, 11) is -3.14. The van der Waals surface area contributed by atoms with Gasteiger partial charge in [0.1, 0.15) is 0 Å². The lowest BCUT2D eigenvalue weighted by Gasteiger charge is -2.29. The van der Waals surface area contributed by atoms with Gasteiger partial charge in [0.25, 0.3) is 0 Å². The van der Waals surface area contributed by atoms with Crippen LogP contribution in [-0.2, 0) is 9.84 Å². The molecule has 0 spiro atoms. The third-order valence-electron chi connectivity index (χ3n) is 4.16. The number of nitrogens with one attached hydrogen (secondary N) is 2. The van der Waals surface area contributed by atoms with E-state index in [1.807, 2.05) is 23.9 Å². The zero-order chi connectivity index (χ0) is 16.3. The van der Waals surface area contributed by atoms with Gasteiger partial charge in [-0.1, -0.05) is 24.0 Å². The lowest BCUT2D eigenvalue weighted by atomic mass is 10.0. The van der Waals surface area contributed by atoms with Gasteiger partial charge in [-0.25, -0.2) is 8.42 Å². The van der Waals surface area contributed by atoms with Crippen molar-refractivity contribution in [1.29, 1.82) is 0 Å². The minimum Gasteiger partial charge on any atom is -0.312 e. The molecule has 2 fully saturated rings. The Balaban J connectivity index is 1.66. The summed E-state index contributed by atoms with van der Waals surface area (Å²) in [5, 5.41) is 7.46. The fraction of sp³-hybridized carbons (Fsp3) is 0.529. The van der Waals surface area contributed by atoms with E-state index in [0.29, 0.717) is 10.1 Å². The number of sulfone groups is 1. The summed E-state index contributed by atoms with van der Waals surface area (Å²) in [5.41, 5.74) is 1.09. The summed E-state index contributed by atoms with van der Waals surface area (Å²) in [4.78, 5) is 0.361. The molecule has 1 aromatic carbocycles. The number of piperazine rings is 1. The molecule has 2 saturated heterocycles. The molecule has 3 rings (SSSR count). The molecule has 0 amide bonds. The van der Waals surface area contributed by atoms with E-state index in [1.54, 1.807) is 12.1 Å². The van der Waals surface area contributed by atoms with Crippen molar-refractivity contribution in [3.8, 4) is 11.8 Å². The largest absolute Gasteiger partial charge is 0.312 e. The van der Waals surface area contributed by atoms with E-state index in [9.17, 15) is 8.42 Å². The number of hydrogen-bond donors (Lipinski definition) is 2. The van der Waals surface area contributed by atoms with Crippen molar-refractivity contribution in [2.75, 3.05) is 25.1 Å². The van der Waals surface area contributed by atoms with E-state index in [0.717, 1.165) is 18.7 Å². The van der Waals surface area contributed by atoms with Crippen molar-refractivity contribution < 1.29 is 8.42 Å². The van der Waals surface area contributed by atoms with E-state index in [-0.39, 0.29) is 12.1 Å². The molecule has 0 bridgehead atoms. The van der Waals surface area contributed by atoms with Gasteiger partial charge in [-0.05, 0) is 36.3 Å². The van der Waals surface area contributed by atoms with Crippen LogP contribution in [0.1, 0.15) is 24.4 Å². The molecular formula is C17H22N2O2S2. The van der Waals surface area contributed by atoms with Gasteiger partial charge in [0.15, 0.2) is 9.84 Å². The molecule has 2 N–H and O–H groups in total. The first-order chi connectivity index (χ1) is 11.0. The topological polar surface area (TPSA) is 58.2 Å². The van der Waals surface area contributed by atoms with Gasteiger partial charge in [-0.15, -0.1) is 11.8 Å². The molecule has 0 saturated carbocycles. The first-order valence-electron chi connectivity index (χ1n) is 7.92. The molecule has 6 heteroatoms. The summed E-state index contributed by atoms with van der Waals surface area (Å²) < 4.78 is 23.1. The van der Waals surface area contributed by atoms with Gasteiger partial charge in [0.05, 0.1) is 16.2 Å². The van der Waals surface area contributed by atoms with Crippen LogP contribution in [0.15, 0.2) is 29.2 Å². The van der Waals surface area contributed by atoms with Crippen molar-refractivity contribution in [1.82, 2.24) is 10.6 Å². The van der Waals surface area contributed by atoms with Crippen LogP contribution in [0.25, 0.3) is 0 Å². The maximum Gasteiger partial charge on any atom is 0.175 e. The molecule has 0 aliphatic carbocycles. The van der Waals surface area contributed by atoms with Crippen molar-refractivity contribution in [3.63, 3.8) is 0 Å². The van der Waals surface area contributed by atoms with Gasteiger partial charge in [0.2, 0.25) is 0 Å². The highest BCUT2D eigenvalue weighted by atomic mass is 32.2. The highest BCUT2D eigenvalue weighted by molar-refractivity contribution is 8.00. The van der Waals surface area contributed by atoms with Gasteiger partial charge in [-0.3, -0.25) is 5.32 Å². The highest BCUT2D eigenvalue weighted by Crippen LogP contribution is 2.25. The van der Waals surface area contributed by atoms with Crippen LogP contribution >= 0.6 is 11.8 Å². The summed E-state index contributed by atoms with van der Waals surface area (Å²) in [5.74, 6) is 7.97. The number of hydrogen-bond acceptors (Lipinski definition) is 5. The van der Waals surface area contributed by atoms with Gasteiger partial charge in [0, 0.05) is 25.4 Å². The predicted octanol–water partition coefficient (Wildman–Crippen LogP) is 1.59. The fourth-order valence-corrected chi connectivity index (χ4v) is 4.60. The number of benzene rings is 1. The number of rotatable bonds is 2. The van der Waals surface area contributed by atoms with Crippen LogP contribution in [0.2, 0.25) is 0 Å². The zero-order valence-electron chi connectivity index (χ0n) is 13.2. The van der Waals surface area contributed by atoms with Crippen molar-refractivity contribution in [2.24, 2.45) is 0 Å². The Morgan fingerprint density at radius 2 is 1.96 bits per heavy atom. The molecule has 2 aliphatic heterocycles. The molecule has 2 heterocycles. The van der Waals surface area contributed by atoms with Gasteiger partial charge >= 0.3 is 0 Å². The first kappa shape index (κ1) is 16.8. The number of thioether (sulfide) groups is 1. The molecule has 23 heavy (non-hydrogen) atoms. The third-order valence-corrected chi connectivity index (χ3v) is 6.57. The van der Waals surface area contributed by atoms with Crippen molar-refractivity contribution in [2.45, 2.75) is 35.1 Å². The molecule has 2 aliphatic rings. The lowest BCUT2D eigenvalue weighted by Crippen LogP contribution is -2.49. The molecule has 3 atom stereocenters. The first-order valence-corrected chi connectivity index (χ1v) is 10.9. The zero-order valence-corrected chi connectivity index (χ0v) is 14.8. The minimum absolute atomic E-state index is 0.143. The van der Waals surface area contributed by atoms with Crippen LogP contribution in [0.3, 0.4) is 0 Å². The Labute approximate surface area is 142 Å².